The molecule has 0 fully saturated rings. The van der Waals surface area contributed by atoms with Crippen LogP contribution in [0.15, 0.2) is 18.2 Å². The molecule has 0 heterocycles. The summed E-state index contributed by atoms with van der Waals surface area (Å²) in [5, 5.41) is 11.5. The van der Waals surface area contributed by atoms with Crippen LogP contribution in [0.5, 0.6) is 11.5 Å². The summed E-state index contributed by atoms with van der Waals surface area (Å²) >= 11 is 0. The van der Waals surface area contributed by atoms with Gasteiger partial charge >= 0.3 is 12.6 Å². The van der Waals surface area contributed by atoms with Crippen LogP contribution >= 0.6 is 0 Å². The van der Waals surface area contributed by atoms with Gasteiger partial charge in [-0.1, -0.05) is 13.8 Å². The van der Waals surface area contributed by atoms with E-state index >= 15 is 0 Å². The minimum Gasteiger partial charge on any atom is -0.493 e. The summed E-state index contributed by atoms with van der Waals surface area (Å²) in [4.78, 5) is 23.3. The average Bonchev–Trinajstić information content (AvgIpc) is 2.45. The summed E-state index contributed by atoms with van der Waals surface area (Å²) < 4.78 is 33.9. The smallest absolute Gasteiger partial charge is 0.387 e. The Kier molecular flexibility index (Phi) is 6.74. The Hall–Kier alpha value is -2.38. The third kappa shape index (κ3) is 5.72. The van der Waals surface area contributed by atoms with Gasteiger partial charge in [-0.05, 0) is 30.5 Å². The van der Waals surface area contributed by atoms with E-state index in [1.165, 1.54) is 19.2 Å². The van der Waals surface area contributed by atoms with Gasteiger partial charge in [0.05, 0.1) is 7.11 Å². The molecule has 2 N–H and O–H groups in total. The number of halogens is 2. The van der Waals surface area contributed by atoms with E-state index in [0.29, 0.717) is 0 Å². The Bertz CT molecular complexity index is 563. The number of hydrogen-bond donors (Lipinski definition) is 2. The first-order valence-electron chi connectivity index (χ1n) is 6.91. The predicted molar refractivity (Wildman–Crippen MR) is 78.0 cm³/mol. The molecule has 0 spiro atoms. The monoisotopic (exact) mass is 331 g/mol. The van der Waals surface area contributed by atoms with Crippen molar-refractivity contribution in [1.29, 1.82) is 0 Å². The molecule has 0 aromatic heterocycles. The second-order valence-electron chi connectivity index (χ2n) is 5.24. The second kappa shape index (κ2) is 8.30. The van der Waals surface area contributed by atoms with E-state index in [9.17, 15) is 18.4 Å². The van der Waals surface area contributed by atoms with E-state index < -0.39 is 24.5 Å². The Balaban J connectivity index is 2.96. The summed E-state index contributed by atoms with van der Waals surface area (Å²) in [6, 6.07) is 2.64. The maximum Gasteiger partial charge on any atom is 0.387 e. The van der Waals surface area contributed by atoms with E-state index in [-0.39, 0.29) is 29.4 Å². The summed E-state index contributed by atoms with van der Waals surface area (Å²) in [7, 11) is 1.27. The Morgan fingerprint density at radius 1 is 1.26 bits per heavy atom. The van der Waals surface area contributed by atoms with Crippen molar-refractivity contribution in [3.05, 3.63) is 23.8 Å². The number of benzene rings is 1. The maximum atomic E-state index is 12.4. The Labute approximate surface area is 132 Å². The molecule has 1 unspecified atom stereocenters. The van der Waals surface area contributed by atoms with Crippen LogP contribution in [0, 0.1) is 5.92 Å². The van der Waals surface area contributed by atoms with Gasteiger partial charge in [0.25, 0.3) is 5.91 Å². The lowest BCUT2D eigenvalue weighted by molar-refractivity contribution is -0.139. The van der Waals surface area contributed by atoms with Crippen LogP contribution in [0.25, 0.3) is 0 Å². The van der Waals surface area contributed by atoms with Crippen LogP contribution in [-0.4, -0.2) is 36.7 Å². The molecular weight excluding hydrogens is 312 g/mol. The molecule has 6 nitrogen and oxygen atoms in total. The second-order valence-corrected chi connectivity index (χ2v) is 5.24. The minimum atomic E-state index is -3.07. The van der Waals surface area contributed by atoms with E-state index in [2.05, 4.69) is 10.1 Å². The highest BCUT2D eigenvalue weighted by Gasteiger charge is 2.22. The highest BCUT2D eigenvalue weighted by atomic mass is 19.3. The van der Waals surface area contributed by atoms with Crippen molar-refractivity contribution in [2.24, 2.45) is 5.92 Å². The lowest BCUT2D eigenvalue weighted by Crippen LogP contribution is -2.41. The minimum absolute atomic E-state index is 0.00328. The van der Waals surface area contributed by atoms with Crippen molar-refractivity contribution in [3.8, 4) is 11.5 Å². The van der Waals surface area contributed by atoms with Crippen LogP contribution in [0.3, 0.4) is 0 Å². The molecule has 8 heteroatoms. The van der Waals surface area contributed by atoms with Crippen molar-refractivity contribution in [1.82, 2.24) is 5.32 Å². The number of aliphatic carboxylic acids is 1. The molecule has 23 heavy (non-hydrogen) atoms. The number of carbonyl (C=O) groups excluding carboxylic acids is 1. The molecule has 1 aromatic carbocycles. The number of rotatable bonds is 8. The summed E-state index contributed by atoms with van der Waals surface area (Å²) in [6.45, 7) is 0.573. The number of carbonyl (C=O) groups is 2. The fourth-order valence-electron chi connectivity index (χ4n) is 1.94. The maximum absolute atomic E-state index is 12.4. The summed E-state index contributed by atoms with van der Waals surface area (Å²) in [5.74, 6) is -2.06. The van der Waals surface area contributed by atoms with Crippen molar-refractivity contribution in [3.63, 3.8) is 0 Å². The number of amides is 1. The molecule has 0 radical (unpaired) electrons. The molecule has 1 aromatic rings. The number of hydrogen-bond acceptors (Lipinski definition) is 4. The fourth-order valence-corrected chi connectivity index (χ4v) is 1.94. The van der Waals surface area contributed by atoms with Gasteiger partial charge in [0.2, 0.25) is 0 Å². The number of nitrogens with one attached hydrogen (secondary N) is 1. The quantitative estimate of drug-likeness (QED) is 0.764. The number of carboxylic acids is 1. The zero-order valence-electron chi connectivity index (χ0n) is 13.0. The van der Waals surface area contributed by atoms with E-state index in [1.807, 2.05) is 13.8 Å². The van der Waals surface area contributed by atoms with Gasteiger partial charge in [-0.25, -0.2) is 4.79 Å². The van der Waals surface area contributed by atoms with Gasteiger partial charge in [0.1, 0.15) is 6.04 Å². The van der Waals surface area contributed by atoms with Crippen LogP contribution in [0.1, 0.15) is 30.6 Å². The molecule has 128 valence electrons. The zero-order chi connectivity index (χ0) is 17.6. The van der Waals surface area contributed by atoms with E-state index in [1.54, 1.807) is 0 Å². The van der Waals surface area contributed by atoms with Gasteiger partial charge in [0.15, 0.2) is 11.5 Å². The fraction of sp³-hybridized carbons (Fsp3) is 0.467. The van der Waals surface area contributed by atoms with Crippen molar-refractivity contribution in [2.45, 2.75) is 32.9 Å². The first kappa shape index (κ1) is 18.7. The third-order valence-electron chi connectivity index (χ3n) is 2.95. The Morgan fingerprint density at radius 3 is 2.39 bits per heavy atom. The number of ether oxygens (including phenoxy) is 2. The van der Waals surface area contributed by atoms with Crippen LogP contribution in [0.2, 0.25) is 0 Å². The predicted octanol–water partition coefficient (Wildman–Crippen LogP) is 2.53. The zero-order valence-corrected chi connectivity index (χ0v) is 13.0. The molecule has 0 aliphatic rings. The highest BCUT2D eigenvalue weighted by Crippen LogP contribution is 2.29. The molecule has 0 aliphatic heterocycles. The number of methoxy groups -OCH3 is 1. The Morgan fingerprint density at radius 2 is 1.91 bits per heavy atom. The largest absolute Gasteiger partial charge is 0.493 e. The standard InChI is InChI=1S/C15H19F2NO5/c1-8(2)6-10(14(20)21)18-13(19)9-4-5-11(22-3)12(7-9)23-15(16)17/h4-5,7-8,10,15H,6H2,1-3H3,(H,18,19)(H,20,21). The van der Waals surface area contributed by atoms with Gasteiger partial charge in [-0.3, -0.25) is 4.79 Å². The molecule has 1 atom stereocenters. The number of carboxylic acid groups (broad SMARTS) is 1. The molecule has 0 bridgehead atoms. The molecule has 1 rings (SSSR count). The van der Waals surface area contributed by atoms with Crippen LogP contribution < -0.4 is 14.8 Å². The average molecular weight is 331 g/mol. The van der Waals surface area contributed by atoms with Crippen molar-refractivity contribution in [2.75, 3.05) is 7.11 Å². The summed E-state index contributed by atoms with van der Waals surface area (Å²) in [6.07, 6.45) is 0.248. The molecule has 0 aliphatic carbocycles. The SMILES string of the molecule is COc1ccc(C(=O)NC(CC(C)C)C(=O)O)cc1OC(F)F. The van der Waals surface area contributed by atoms with Crippen LogP contribution in [-0.2, 0) is 4.79 Å². The van der Waals surface area contributed by atoms with Gasteiger partial charge in [-0.2, -0.15) is 8.78 Å². The van der Waals surface area contributed by atoms with Gasteiger partial charge < -0.3 is 19.9 Å². The van der Waals surface area contributed by atoms with E-state index in [0.717, 1.165) is 6.07 Å². The molecule has 1 amide bonds. The van der Waals surface area contributed by atoms with Crippen molar-refractivity contribution < 1.29 is 33.0 Å². The molecule has 0 saturated carbocycles. The molecular formula is C15H19F2NO5. The highest BCUT2D eigenvalue weighted by molar-refractivity contribution is 5.97. The van der Waals surface area contributed by atoms with Crippen LogP contribution in [0.4, 0.5) is 8.78 Å². The van der Waals surface area contributed by atoms with E-state index in [4.69, 9.17) is 9.84 Å². The van der Waals surface area contributed by atoms with Crippen molar-refractivity contribution >= 4 is 11.9 Å². The first-order valence-corrected chi connectivity index (χ1v) is 6.91. The topological polar surface area (TPSA) is 84.9 Å². The normalized spacial score (nSPS) is 12.1. The lowest BCUT2D eigenvalue weighted by Gasteiger charge is -2.17. The third-order valence-corrected chi connectivity index (χ3v) is 2.95. The summed E-state index contributed by atoms with van der Waals surface area (Å²) in [5.41, 5.74) is -0.00328. The molecule has 0 saturated heterocycles. The lowest BCUT2D eigenvalue weighted by atomic mass is 10.0. The first-order chi connectivity index (χ1) is 10.7. The number of alkyl halides is 2. The van der Waals surface area contributed by atoms with Gasteiger partial charge in [0, 0.05) is 5.56 Å². The van der Waals surface area contributed by atoms with Gasteiger partial charge in [-0.15, -0.1) is 0 Å².